The highest BCUT2D eigenvalue weighted by Gasteiger charge is 2.24. The Labute approximate surface area is 194 Å². The van der Waals surface area contributed by atoms with E-state index in [9.17, 15) is 9.59 Å². The average molecular weight is 458 g/mol. The van der Waals surface area contributed by atoms with Crippen molar-refractivity contribution in [1.29, 1.82) is 0 Å². The van der Waals surface area contributed by atoms with Crippen LogP contribution in [0.5, 0.6) is 0 Å². The van der Waals surface area contributed by atoms with Gasteiger partial charge in [-0.2, -0.15) is 5.10 Å². The molecule has 5 aromatic rings. The third-order valence-electron chi connectivity index (χ3n) is 5.62. The first-order chi connectivity index (χ1) is 15.9. The molecule has 0 aliphatic heterocycles. The summed E-state index contributed by atoms with van der Waals surface area (Å²) in [4.78, 5) is 36.7. The van der Waals surface area contributed by atoms with Crippen molar-refractivity contribution in [3.05, 3.63) is 87.4 Å². The fraction of sp³-hybridized carbons (Fsp3) is 0.200. The summed E-state index contributed by atoms with van der Waals surface area (Å²) in [6, 6.07) is 18.9. The second kappa shape index (κ2) is 8.29. The minimum atomic E-state index is -0.202. The highest BCUT2D eigenvalue weighted by molar-refractivity contribution is 7.20. The number of hydrogen-bond acceptors (Lipinski definition) is 5. The molecule has 0 aliphatic carbocycles. The number of aromatic nitrogens is 4. The summed E-state index contributed by atoms with van der Waals surface area (Å²) in [6.45, 7) is 6.09. The molecule has 7 nitrogen and oxygen atoms in total. The number of H-pyrrole nitrogens is 1. The van der Waals surface area contributed by atoms with E-state index in [1.807, 2.05) is 74.0 Å². The standard InChI is InChI=1S/C25H23N5O2S/c1-15(2)29(14-22-26-20-12-8-7-11-18(20)23(31)27-22)24(32)21-13-19-16(3)28-30(25(19)33-21)17-9-5-4-6-10-17/h4-13,15H,14H2,1-3H3,(H,26,27,31). The fourth-order valence-corrected chi connectivity index (χ4v) is 5.04. The van der Waals surface area contributed by atoms with E-state index in [0.29, 0.717) is 21.6 Å². The third kappa shape index (κ3) is 3.82. The zero-order valence-corrected chi connectivity index (χ0v) is 19.4. The molecule has 3 heterocycles. The van der Waals surface area contributed by atoms with Gasteiger partial charge >= 0.3 is 0 Å². The Morgan fingerprint density at radius 2 is 1.82 bits per heavy atom. The molecule has 0 atom stereocenters. The Balaban J connectivity index is 1.51. The summed E-state index contributed by atoms with van der Waals surface area (Å²) in [5, 5.41) is 6.16. The van der Waals surface area contributed by atoms with Gasteiger partial charge in [0, 0.05) is 11.4 Å². The number of aromatic amines is 1. The lowest BCUT2D eigenvalue weighted by molar-refractivity contribution is 0.0690. The van der Waals surface area contributed by atoms with Gasteiger partial charge in [0.2, 0.25) is 0 Å². The van der Waals surface area contributed by atoms with Crippen LogP contribution in [0, 0.1) is 6.92 Å². The lowest BCUT2D eigenvalue weighted by Gasteiger charge is -2.25. The van der Waals surface area contributed by atoms with Crippen molar-refractivity contribution in [1.82, 2.24) is 24.6 Å². The maximum absolute atomic E-state index is 13.6. The highest BCUT2D eigenvalue weighted by Crippen LogP contribution is 2.31. The predicted octanol–water partition coefficient (Wildman–Crippen LogP) is 4.68. The molecule has 5 rings (SSSR count). The van der Waals surface area contributed by atoms with Crippen LogP contribution in [0.25, 0.3) is 26.8 Å². The second-order valence-corrected chi connectivity index (χ2v) is 9.25. The molecular weight excluding hydrogens is 434 g/mol. The number of fused-ring (bicyclic) bond motifs is 2. The zero-order valence-electron chi connectivity index (χ0n) is 18.6. The van der Waals surface area contributed by atoms with Crippen LogP contribution in [0.4, 0.5) is 0 Å². The number of carbonyl (C=O) groups is 1. The van der Waals surface area contributed by atoms with Gasteiger partial charge in [0.15, 0.2) is 0 Å². The van der Waals surface area contributed by atoms with E-state index in [0.717, 1.165) is 21.6 Å². The maximum Gasteiger partial charge on any atom is 0.264 e. The number of carbonyl (C=O) groups excluding carboxylic acids is 1. The number of amides is 1. The van der Waals surface area contributed by atoms with Crippen LogP contribution in [0.15, 0.2) is 65.5 Å². The van der Waals surface area contributed by atoms with E-state index < -0.39 is 0 Å². The van der Waals surface area contributed by atoms with Crippen molar-refractivity contribution in [3.63, 3.8) is 0 Å². The van der Waals surface area contributed by atoms with Crippen LogP contribution in [-0.2, 0) is 6.54 Å². The Morgan fingerprint density at radius 1 is 1.09 bits per heavy atom. The van der Waals surface area contributed by atoms with Crippen molar-refractivity contribution in [2.45, 2.75) is 33.4 Å². The lowest BCUT2D eigenvalue weighted by Crippen LogP contribution is -2.37. The smallest absolute Gasteiger partial charge is 0.264 e. The van der Waals surface area contributed by atoms with Crippen LogP contribution < -0.4 is 5.56 Å². The number of para-hydroxylation sites is 2. The summed E-state index contributed by atoms with van der Waals surface area (Å²) >= 11 is 1.43. The van der Waals surface area contributed by atoms with Crippen molar-refractivity contribution < 1.29 is 4.79 Å². The molecule has 1 N–H and O–H groups in total. The van der Waals surface area contributed by atoms with Gasteiger partial charge in [-0.15, -0.1) is 11.3 Å². The van der Waals surface area contributed by atoms with Crippen LogP contribution >= 0.6 is 11.3 Å². The van der Waals surface area contributed by atoms with E-state index in [1.165, 1.54) is 11.3 Å². The molecule has 0 radical (unpaired) electrons. The van der Waals surface area contributed by atoms with Gasteiger partial charge in [-0.25, -0.2) is 9.67 Å². The minimum Gasteiger partial charge on any atom is -0.328 e. The molecule has 166 valence electrons. The molecule has 0 fully saturated rings. The van der Waals surface area contributed by atoms with Gasteiger partial charge in [-0.1, -0.05) is 30.3 Å². The summed E-state index contributed by atoms with van der Waals surface area (Å²) in [5.74, 6) is 0.370. The van der Waals surface area contributed by atoms with Crippen molar-refractivity contribution >= 4 is 38.4 Å². The SMILES string of the molecule is Cc1nn(-c2ccccc2)c2sc(C(=O)N(Cc3nc4ccccc4c(=O)[nH]3)C(C)C)cc12. The molecule has 0 bridgehead atoms. The van der Waals surface area contributed by atoms with Crippen molar-refractivity contribution in [2.75, 3.05) is 0 Å². The normalized spacial score (nSPS) is 11.5. The summed E-state index contributed by atoms with van der Waals surface area (Å²) in [7, 11) is 0. The molecular formula is C25H23N5O2S. The zero-order chi connectivity index (χ0) is 23.1. The van der Waals surface area contributed by atoms with Gasteiger partial charge in [0.05, 0.1) is 33.7 Å². The Hall–Kier alpha value is -3.78. The first-order valence-corrected chi connectivity index (χ1v) is 11.6. The molecule has 0 saturated carbocycles. The van der Waals surface area contributed by atoms with E-state index >= 15 is 0 Å². The molecule has 0 spiro atoms. The van der Waals surface area contributed by atoms with Gasteiger partial charge in [0.1, 0.15) is 10.7 Å². The van der Waals surface area contributed by atoms with Gasteiger partial charge < -0.3 is 9.88 Å². The Morgan fingerprint density at radius 3 is 2.58 bits per heavy atom. The van der Waals surface area contributed by atoms with Gasteiger partial charge in [-0.05, 0) is 51.1 Å². The number of hydrogen-bond donors (Lipinski definition) is 1. The van der Waals surface area contributed by atoms with E-state index in [-0.39, 0.29) is 24.1 Å². The Bertz CT molecular complexity index is 1530. The predicted molar refractivity (Wildman–Crippen MR) is 131 cm³/mol. The van der Waals surface area contributed by atoms with Crippen LogP contribution in [-0.4, -0.2) is 36.6 Å². The van der Waals surface area contributed by atoms with Crippen LogP contribution in [0.3, 0.4) is 0 Å². The van der Waals surface area contributed by atoms with Crippen molar-refractivity contribution in [2.24, 2.45) is 0 Å². The molecule has 0 unspecified atom stereocenters. The first-order valence-electron chi connectivity index (χ1n) is 10.8. The number of thiophene rings is 1. The monoisotopic (exact) mass is 457 g/mol. The molecule has 33 heavy (non-hydrogen) atoms. The van der Waals surface area contributed by atoms with Crippen LogP contribution in [0.1, 0.15) is 35.0 Å². The average Bonchev–Trinajstić information content (AvgIpc) is 3.38. The van der Waals surface area contributed by atoms with Crippen molar-refractivity contribution in [3.8, 4) is 5.69 Å². The maximum atomic E-state index is 13.6. The lowest BCUT2D eigenvalue weighted by atomic mass is 10.2. The molecule has 1 amide bonds. The molecule has 3 aromatic heterocycles. The largest absolute Gasteiger partial charge is 0.328 e. The van der Waals surface area contributed by atoms with Gasteiger partial charge in [-0.3, -0.25) is 9.59 Å². The number of rotatable bonds is 5. The van der Waals surface area contributed by atoms with E-state index in [1.54, 1.807) is 17.0 Å². The number of nitrogens with one attached hydrogen (secondary N) is 1. The second-order valence-electron chi connectivity index (χ2n) is 8.22. The number of nitrogens with zero attached hydrogens (tertiary/aromatic N) is 4. The minimum absolute atomic E-state index is 0.0776. The number of benzene rings is 2. The highest BCUT2D eigenvalue weighted by atomic mass is 32.1. The quantitative estimate of drug-likeness (QED) is 0.415. The molecule has 0 saturated heterocycles. The van der Waals surface area contributed by atoms with Gasteiger partial charge in [0.25, 0.3) is 11.5 Å². The topological polar surface area (TPSA) is 83.9 Å². The summed E-state index contributed by atoms with van der Waals surface area (Å²) in [5.41, 5.74) is 2.25. The first kappa shape index (κ1) is 21.1. The Kier molecular flexibility index (Phi) is 5.30. The third-order valence-corrected chi connectivity index (χ3v) is 6.72. The van der Waals surface area contributed by atoms with E-state index in [2.05, 4.69) is 15.1 Å². The summed E-state index contributed by atoms with van der Waals surface area (Å²) < 4.78 is 1.88. The molecule has 0 aliphatic rings. The number of aryl methyl sites for hydroxylation is 1. The fourth-order valence-electron chi connectivity index (χ4n) is 3.90. The molecule has 2 aromatic carbocycles. The summed E-state index contributed by atoms with van der Waals surface area (Å²) in [6.07, 6.45) is 0. The van der Waals surface area contributed by atoms with E-state index in [4.69, 9.17) is 0 Å². The van der Waals surface area contributed by atoms with Crippen LogP contribution in [0.2, 0.25) is 0 Å². The molecule has 8 heteroatoms.